The van der Waals surface area contributed by atoms with Crippen molar-refractivity contribution in [2.75, 3.05) is 5.73 Å². The second-order valence-corrected chi connectivity index (χ2v) is 4.74. The Hall–Kier alpha value is -2.34. The van der Waals surface area contributed by atoms with Crippen LogP contribution in [-0.2, 0) is 0 Å². The normalized spacial score (nSPS) is 17.1. The summed E-state index contributed by atoms with van der Waals surface area (Å²) in [6.45, 7) is 0. The summed E-state index contributed by atoms with van der Waals surface area (Å²) in [6, 6.07) is 0. The fraction of sp³-hybridized carbons (Fsp3) is 0.154. The first-order chi connectivity index (χ1) is 9.59. The van der Waals surface area contributed by atoms with Gasteiger partial charge in [-0.25, -0.2) is 4.98 Å². The van der Waals surface area contributed by atoms with Crippen LogP contribution in [-0.4, -0.2) is 16.8 Å². The van der Waals surface area contributed by atoms with E-state index in [2.05, 4.69) is 15.2 Å². The van der Waals surface area contributed by atoms with E-state index >= 15 is 0 Å². The van der Waals surface area contributed by atoms with Gasteiger partial charge in [-0.3, -0.25) is 9.59 Å². The summed E-state index contributed by atoms with van der Waals surface area (Å²) >= 11 is 6.01. The Balaban J connectivity index is 2.27. The molecule has 1 aromatic rings. The summed E-state index contributed by atoms with van der Waals surface area (Å²) < 4.78 is 0. The third kappa shape index (κ3) is 1.85. The number of nitrogens with two attached hydrogens (primary N) is 1. The topological polar surface area (TPSA) is 97.8 Å². The van der Waals surface area contributed by atoms with Crippen LogP contribution in [0.3, 0.4) is 0 Å². The maximum Gasteiger partial charge on any atom is 0.299 e. The monoisotopic (exact) mass is 288 g/mol. The number of anilines is 1. The highest BCUT2D eigenvalue weighted by molar-refractivity contribution is 6.34. The second kappa shape index (κ2) is 4.64. The molecule has 20 heavy (non-hydrogen) atoms. The standard InChI is InChI=1S/C13H9ClN4O2/c14-11-8-7(12(19)17-18-13(8)20)9(15)10(16-11)6-4-2-1-3-5-6/h1-2,4H,3,5,15H2. The molecule has 0 saturated heterocycles. The molecule has 1 aliphatic heterocycles. The van der Waals surface area contributed by atoms with E-state index in [9.17, 15) is 9.59 Å². The Morgan fingerprint density at radius 3 is 2.50 bits per heavy atom. The maximum atomic E-state index is 11.8. The molecule has 0 saturated carbocycles. The molecule has 6 nitrogen and oxygen atoms in total. The van der Waals surface area contributed by atoms with Gasteiger partial charge in [0.2, 0.25) is 0 Å². The minimum atomic E-state index is -0.701. The number of aromatic nitrogens is 1. The molecule has 0 unspecified atom stereocenters. The highest BCUT2D eigenvalue weighted by atomic mass is 35.5. The average molecular weight is 289 g/mol. The van der Waals surface area contributed by atoms with Crippen LogP contribution in [0.2, 0.25) is 5.15 Å². The van der Waals surface area contributed by atoms with E-state index in [1.54, 1.807) is 0 Å². The molecule has 0 fully saturated rings. The van der Waals surface area contributed by atoms with Gasteiger partial charge in [0.05, 0.1) is 22.5 Å². The number of amides is 2. The molecule has 1 aliphatic carbocycles. The van der Waals surface area contributed by atoms with Crippen LogP contribution in [0.5, 0.6) is 0 Å². The Bertz CT molecular complexity index is 734. The number of hydrogen-bond acceptors (Lipinski definition) is 4. The molecule has 2 N–H and O–H groups in total. The number of azo groups is 1. The van der Waals surface area contributed by atoms with Crippen molar-refractivity contribution in [3.8, 4) is 0 Å². The number of nitrogen functional groups attached to an aromatic ring is 1. The van der Waals surface area contributed by atoms with Gasteiger partial charge in [0.1, 0.15) is 5.15 Å². The Kier molecular flexibility index (Phi) is 2.94. The zero-order valence-electron chi connectivity index (χ0n) is 10.3. The van der Waals surface area contributed by atoms with Crippen molar-refractivity contribution in [2.24, 2.45) is 10.2 Å². The van der Waals surface area contributed by atoms with Crippen LogP contribution in [0.15, 0.2) is 28.5 Å². The van der Waals surface area contributed by atoms with E-state index in [4.69, 9.17) is 17.3 Å². The molecule has 3 rings (SSSR count). The fourth-order valence-electron chi connectivity index (χ4n) is 2.22. The van der Waals surface area contributed by atoms with Crippen LogP contribution in [0.25, 0.3) is 5.57 Å². The number of carbonyl (C=O) groups excluding carboxylic acids is 2. The summed E-state index contributed by atoms with van der Waals surface area (Å²) in [6.07, 6.45) is 7.37. The molecule has 0 bridgehead atoms. The minimum Gasteiger partial charge on any atom is -0.396 e. The molecule has 2 amide bonds. The minimum absolute atomic E-state index is 0.00421. The van der Waals surface area contributed by atoms with Crippen LogP contribution < -0.4 is 5.73 Å². The van der Waals surface area contributed by atoms with Crippen LogP contribution >= 0.6 is 11.6 Å². The predicted molar refractivity (Wildman–Crippen MR) is 73.5 cm³/mol. The quantitative estimate of drug-likeness (QED) is 0.803. The van der Waals surface area contributed by atoms with Gasteiger partial charge in [-0.1, -0.05) is 29.8 Å². The molecular formula is C13H9ClN4O2. The second-order valence-electron chi connectivity index (χ2n) is 4.38. The van der Waals surface area contributed by atoms with E-state index < -0.39 is 11.8 Å². The summed E-state index contributed by atoms with van der Waals surface area (Å²) in [5, 5.41) is 6.43. The van der Waals surface area contributed by atoms with Crippen molar-refractivity contribution < 1.29 is 9.59 Å². The molecule has 2 heterocycles. The van der Waals surface area contributed by atoms with Crippen molar-refractivity contribution in [3.05, 3.63) is 40.2 Å². The number of carbonyl (C=O) groups is 2. The molecule has 7 heteroatoms. The Labute approximate surface area is 119 Å². The van der Waals surface area contributed by atoms with Crippen LogP contribution in [0.1, 0.15) is 39.3 Å². The summed E-state index contributed by atoms with van der Waals surface area (Å²) in [5.41, 5.74) is 7.35. The van der Waals surface area contributed by atoms with Crippen molar-refractivity contribution in [1.82, 2.24) is 4.98 Å². The number of pyridine rings is 1. The number of nitrogens with zero attached hydrogens (tertiary/aromatic N) is 3. The fourth-order valence-corrected chi connectivity index (χ4v) is 2.48. The van der Waals surface area contributed by atoms with Gasteiger partial charge in [-0.2, -0.15) is 0 Å². The van der Waals surface area contributed by atoms with Crippen molar-refractivity contribution in [3.63, 3.8) is 0 Å². The van der Waals surface area contributed by atoms with Gasteiger partial charge in [-0.15, -0.1) is 10.2 Å². The smallest absolute Gasteiger partial charge is 0.299 e. The van der Waals surface area contributed by atoms with Crippen molar-refractivity contribution in [1.29, 1.82) is 0 Å². The molecule has 2 aliphatic rings. The van der Waals surface area contributed by atoms with E-state index in [1.807, 2.05) is 18.2 Å². The number of hydrogen-bond donors (Lipinski definition) is 1. The molecule has 0 aromatic carbocycles. The highest BCUT2D eigenvalue weighted by Gasteiger charge is 2.31. The first-order valence-corrected chi connectivity index (χ1v) is 6.33. The number of fused-ring (bicyclic) bond motifs is 1. The Morgan fingerprint density at radius 2 is 1.85 bits per heavy atom. The van der Waals surface area contributed by atoms with Gasteiger partial charge in [0, 0.05) is 0 Å². The lowest BCUT2D eigenvalue weighted by Gasteiger charge is -2.17. The lowest BCUT2D eigenvalue weighted by atomic mass is 9.96. The lowest BCUT2D eigenvalue weighted by Crippen LogP contribution is -2.17. The molecule has 0 spiro atoms. The lowest BCUT2D eigenvalue weighted by molar-refractivity contribution is 0.0921. The number of allylic oxidation sites excluding steroid dienone is 4. The molecule has 100 valence electrons. The van der Waals surface area contributed by atoms with Gasteiger partial charge in [0.15, 0.2) is 0 Å². The van der Waals surface area contributed by atoms with E-state index in [0.717, 1.165) is 18.4 Å². The first-order valence-electron chi connectivity index (χ1n) is 5.95. The van der Waals surface area contributed by atoms with E-state index in [0.29, 0.717) is 5.69 Å². The van der Waals surface area contributed by atoms with Gasteiger partial charge in [0.25, 0.3) is 11.8 Å². The third-order valence-electron chi connectivity index (χ3n) is 3.17. The molecule has 0 radical (unpaired) electrons. The predicted octanol–water partition coefficient (Wildman–Crippen LogP) is 2.80. The van der Waals surface area contributed by atoms with E-state index in [1.165, 1.54) is 0 Å². The number of rotatable bonds is 1. The SMILES string of the molecule is Nc1c(C2=CC=CCC2)nc(Cl)c2c1C(=O)N=NC2=O. The highest BCUT2D eigenvalue weighted by Crippen LogP contribution is 2.35. The van der Waals surface area contributed by atoms with Gasteiger partial charge >= 0.3 is 0 Å². The zero-order chi connectivity index (χ0) is 14.3. The average Bonchev–Trinajstić information content (AvgIpc) is 2.46. The molecule has 0 atom stereocenters. The van der Waals surface area contributed by atoms with Gasteiger partial charge in [-0.05, 0) is 18.4 Å². The summed E-state index contributed by atoms with van der Waals surface area (Å²) in [5.74, 6) is -1.37. The zero-order valence-corrected chi connectivity index (χ0v) is 11.0. The summed E-state index contributed by atoms with van der Waals surface area (Å²) in [4.78, 5) is 27.7. The largest absolute Gasteiger partial charge is 0.396 e. The maximum absolute atomic E-state index is 11.8. The number of halogens is 1. The first kappa shape index (κ1) is 12.7. The molecular weight excluding hydrogens is 280 g/mol. The van der Waals surface area contributed by atoms with Crippen molar-refractivity contribution in [2.45, 2.75) is 12.8 Å². The van der Waals surface area contributed by atoms with Gasteiger partial charge < -0.3 is 5.73 Å². The van der Waals surface area contributed by atoms with E-state index in [-0.39, 0.29) is 22.0 Å². The van der Waals surface area contributed by atoms with Crippen LogP contribution in [0.4, 0.5) is 5.69 Å². The Morgan fingerprint density at radius 1 is 1.15 bits per heavy atom. The molecule has 1 aromatic heterocycles. The van der Waals surface area contributed by atoms with Crippen molar-refractivity contribution >= 4 is 34.7 Å². The summed E-state index contributed by atoms with van der Waals surface area (Å²) in [7, 11) is 0. The van der Waals surface area contributed by atoms with Crippen LogP contribution in [0, 0.1) is 0 Å². The third-order valence-corrected chi connectivity index (χ3v) is 3.44.